The Morgan fingerprint density at radius 2 is 2.11 bits per heavy atom. The van der Waals surface area contributed by atoms with Crippen LogP contribution in [0, 0.1) is 0 Å². The number of phenols is 1. The second-order valence-electron chi connectivity index (χ2n) is 4.62. The van der Waals surface area contributed by atoms with E-state index in [0.29, 0.717) is 23.3 Å². The summed E-state index contributed by atoms with van der Waals surface area (Å²) in [6, 6.07) is 5.98. The summed E-state index contributed by atoms with van der Waals surface area (Å²) in [6.07, 6.45) is 0. The number of alkyl halides is 1. The molecule has 0 saturated heterocycles. The lowest BCUT2D eigenvalue weighted by molar-refractivity contribution is 0.280. The number of rotatable bonds is 3. The van der Waals surface area contributed by atoms with Gasteiger partial charge in [0, 0.05) is 17.5 Å². The highest BCUT2D eigenvalue weighted by atomic mass is 127. The zero-order chi connectivity index (χ0) is 13.3. The van der Waals surface area contributed by atoms with Crippen molar-refractivity contribution in [2.24, 2.45) is 0 Å². The molecule has 1 aromatic carbocycles. The van der Waals surface area contributed by atoms with Crippen LogP contribution in [0.4, 0.5) is 0 Å². The van der Waals surface area contributed by atoms with E-state index in [9.17, 15) is 9.90 Å². The number of ether oxygens (including phenoxy) is 1. The Hall–Kier alpha value is -1.24. The Balaban J connectivity index is 2.39. The van der Waals surface area contributed by atoms with E-state index >= 15 is 0 Å². The van der Waals surface area contributed by atoms with Crippen LogP contribution in [0.1, 0.15) is 13.8 Å². The van der Waals surface area contributed by atoms with Crippen LogP contribution in [0.25, 0.3) is 11.0 Å². The molecule has 0 atom stereocenters. The zero-order valence-corrected chi connectivity index (χ0v) is 12.2. The Morgan fingerprint density at radius 1 is 1.39 bits per heavy atom. The van der Waals surface area contributed by atoms with E-state index in [4.69, 9.17) is 9.15 Å². The van der Waals surface area contributed by atoms with Crippen LogP contribution in [-0.4, -0.2) is 15.1 Å². The lowest BCUT2D eigenvalue weighted by Crippen LogP contribution is -2.20. The standard InChI is InChI=1S/C13H13IO4/c1-13(2,14)7-17-11-6-10-8(5-9(11)15)3-4-12(16)18-10/h3-6,15H,7H2,1-2H3. The normalized spacial score (nSPS) is 11.7. The molecule has 0 aliphatic carbocycles. The van der Waals surface area contributed by atoms with Crippen molar-refractivity contribution in [1.29, 1.82) is 0 Å². The summed E-state index contributed by atoms with van der Waals surface area (Å²) in [5, 5.41) is 10.5. The fourth-order valence-electron chi connectivity index (χ4n) is 1.45. The van der Waals surface area contributed by atoms with Crippen LogP contribution in [0.5, 0.6) is 11.5 Å². The van der Waals surface area contributed by atoms with Crippen molar-refractivity contribution in [3.63, 3.8) is 0 Å². The van der Waals surface area contributed by atoms with Gasteiger partial charge in [0.2, 0.25) is 0 Å². The molecule has 0 spiro atoms. The molecule has 0 amide bonds. The molecule has 2 aromatic rings. The predicted molar refractivity (Wildman–Crippen MR) is 77.7 cm³/mol. The van der Waals surface area contributed by atoms with E-state index in [2.05, 4.69) is 22.6 Å². The minimum Gasteiger partial charge on any atom is -0.504 e. The third-order valence-corrected chi connectivity index (χ3v) is 2.58. The monoisotopic (exact) mass is 360 g/mol. The molecule has 0 aliphatic rings. The van der Waals surface area contributed by atoms with Gasteiger partial charge in [-0.2, -0.15) is 0 Å². The van der Waals surface area contributed by atoms with E-state index in [1.54, 1.807) is 6.07 Å². The van der Waals surface area contributed by atoms with E-state index in [1.165, 1.54) is 18.2 Å². The molecule has 18 heavy (non-hydrogen) atoms. The molecule has 1 heterocycles. The molecule has 96 valence electrons. The van der Waals surface area contributed by atoms with Crippen molar-refractivity contribution < 1.29 is 14.3 Å². The van der Waals surface area contributed by atoms with Crippen molar-refractivity contribution >= 4 is 33.6 Å². The Morgan fingerprint density at radius 3 is 2.78 bits per heavy atom. The lowest BCUT2D eigenvalue weighted by atomic mass is 10.2. The van der Waals surface area contributed by atoms with Crippen LogP contribution in [0.2, 0.25) is 0 Å². The van der Waals surface area contributed by atoms with Gasteiger partial charge in [-0.1, -0.05) is 22.6 Å². The maximum atomic E-state index is 11.1. The molecule has 0 fully saturated rings. The molecule has 2 rings (SSSR count). The Labute approximate surface area is 118 Å². The molecule has 1 aromatic heterocycles. The van der Waals surface area contributed by atoms with Gasteiger partial charge in [-0.3, -0.25) is 0 Å². The van der Waals surface area contributed by atoms with Gasteiger partial charge < -0.3 is 14.3 Å². The Kier molecular flexibility index (Phi) is 3.52. The van der Waals surface area contributed by atoms with Crippen LogP contribution in [0.3, 0.4) is 0 Å². The summed E-state index contributed by atoms with van der Waals surface area (Å²) in [7, 11) is 0. The molecule has 4 nitrogen and oxygen atoms in total. The first-order valence-corrected chi connectivity index (χ1v) is 6.52. The minimum atomic E-state index is -0.423. The van der Waals surface area contributed by atoms with Crippen LogP contribution in [-0.2, 0) is 0 Å². The summed E-state index contributed by atoms with van der Waals surface area (Å²) in [6.45, 7) is 4.49. The number of hydrogen-bond acceptors (Lipinski definition) is 4. The second-order valence-corrected chi connectivity index (χ2v) is 7.54. The van der Waals surface area contributed by atoms with Gasteiger partial charge in [0.25, 0.3) is 0 Å². The van der Waals surface area contributed by atoms with E-state index < -0.39 is 5.63 Å². The van der Waals surface area contributed by atoms with Crippen molar-refractivity contribution in [2.75, 3.05) is 6.61 Å². The van der Waals surface area contributed by atoms with Gasteiger partial charge in [0.05, 0.1) is 3.42 Å². The van der Waals surface area contributed by atoms with Crippen LogP contribution in [0.15, 0.2) is 33.5 Å². The number of halogens is 1. The van der Waals surface area contributed by atoms with E-state index in [-0.39, 0.29) is 9.17 Å². The second kappa shape index (κ2) is 4.79. The molecular formula is C13H13IO4. The third-order valence-electron chi connectivity index (χ3n) is 2.27. The summed E-state index contributed by atoms with van der Waals surface area (Å²) in [5.41, 5.74) is -0.0186. The van der Waals surface area contributed by atoms with E-state index in [1.807, 2.05) is 13.8 Å². The molecule has 1 N–H and O–H groups in total. The van der Waals surface area contributed by atoms with Crippen molar-refractivity contribution in [2.45, 2.75) is 17.3 Å². The summed E-state index contributed by atoms with van der Waals surface area (Å²) in [4.78, 5) is 11.1. The topological polar surface area (TPSA) is 59.7 Å². The van der Waals surface area contributed by atoms with Gasteiger partial charge in [0.1, 0.15) is 12.2 Å². The quantitative estimate of drug-likeness (QED) is 0.519. The summed E-state index contributed by atoms with van der Waals surface area (Å²) < 4.78 is 10.5. The van der Waals surface area contributed by atoms with Crippen molar-refractivity contribution in [1.82, 2.24) is 0 Å². The molecule has 0 radical (unpaired) electrons. The summed E-state index contributed by atoms with van der Waals surface area (Å²) in [5.74, 6) is 0.360. The SMILES string of the molecule is CC(C)(I)COc1cc2oc(=O)ccc2cc1O. The van der Waals surface area contributed by atoms with E-state index in [0.717, 1.165) is 0 Å². The first kappa shape index (κ1) is 13.2. The fraction of sp³-hybridized carbons (Fsp3) is 0.308. The highest BCUT2D eigenvalue weighted by Gasteiger charge is 2.15. The van der Waals surface area contributed by atoms with Gasteiger partial charge in [-0.15, -0.1) is 0 Å². The van der Waals surface area contributed by atoms with Crippen molar-refractivity contribution in [3.8, 4) is 11.5 Å². The highest BCUT2D eigenvalue weighted by Crippen LogP contribution is 2.32. The number of benzene rings is 1. The van der Waals surface area contributed by atoms with Gasteiger partial charge >= 0.3 is 5.63 Å². The zero-order valence-electron chi connectivity index (χ0n) is 10.1. The maximum absolute atomic E-state index is 11.1. The number of aromatic hydroxyl groups is 1. The Bertz CT molecular complexity index is 625. The first-order chi connectivity index (χ1) is 8.35. The lowest BCUT2D eigenvalue weighted by Gasteiger charge is -2.17. The molecule has 0 saturated carbocycles. The molecule has 0 unspecified atom stereocenters. The largest absolute Gasteiger partial charge is 0.504 e. The minimum absolute atomic E-state index is 0.0389. The van der Waals surface area contributed by atoms with Gasteiger partial charge in [-0.05, 0) is 26.0 Å². The fourth-order valence-corrected chi connectivity index (χ4v) is 1.61. The molecule has 0 bridgehead atoms. The van der Waals surface area contributed by atoms with Crippen LogP contribution < -0.4 is 10.4 Å². The summed E-state index contributed by atoms with van der Waals surface area (Å²) >= 11 is 2.26. The average molecular weight is 360 g/mol. The van der Waals surface area contributed by atoms with Crippen molar-refractivity contribution in [3.05, 3.63) is 34.7 Å². The predicted octanol–water partition coefficient (Wildman–Crippen LogP) is 3.09. The average Bonchev–Trinajstić information content (AvgIpc) is 2.26. The molecule has 0 aliphatic heterocycles. The molecular weight excluding hydrogens is 347 g/mol. The number of fused-ring (bicyclic) bond motifs is 1. The van der Waals surface area contributed by atoms with Crippen LogP contribution >= 0.6 is 22.6 Å². The third kappa shape index (κ3) is 3.16. The number of hydrogen-bond donors (Lipinski definition) is 1. The first-order valence-electron chi connectivity index (χ1n) is 5.44. The van der Waals surface area contributed by atoms with Gasteiger partial charge in [0.15, 0.2) is 11.5 Å². The molecule has 5 heteroatoms. The smallest absolute Gasteiger partial charge is 0.336 e. The number of phenolic OH excluding ortho intramolecular Hbond substituents is 1. The van der Waals surface area contributed by atoms with Gasteiger partial charge in [-0.25, -0.2) is 4.79 Å². The highest BCUT2D eigenvalue weighted by molar-refractivity contribution is 14.1. The maximum Gasteiger partial charge on any atom is 0.336 e.